The molecule has 4 N–H and O–H groups in total. The van der Waals surface area contributed by atoms with Gasteiger partial charge in [-0.3, -0.25) is 4.79 Å². The van der Waals surface area contributed by atoms with E-state index in [1.807, 2.05) is 0 Å². The van der Waals surface area contributed by atoms with Crippen LogP contribution in [0, 0.1) is 17.3 Å². The molecule has 0 aromatic carbocycles. The Balaban J connectivity index is 1.84. The Bertz CT molecular complexity index is 288. The Kier molecular flexibility index (Phi) is 4.62. The second-order valence-electron chi connectivity index (χ2n) is 6.04. The van der Waals surface area contributed by atoms with E-state index in [0.29, 0.717) is 24.9 Å². The van der Waals surface area contributed by atoms with Crippen LogP contribution in [0.4, 0.5) is 0 Å². The van der Waals surface area contributed by atoms with E-state index in [2.05, 4.69) is 5.32 Å². The summed E-state index contributed by atoms with van der Waals surface area (Å²) >= 11 is 0. The molecule has 2 unspecified atom stereocenters. The van der Waals surface area contributed by atoms with Crippen molar-refractivity contribution in [1.29, 1.82) is 0 Å². The van der Waals surface area contributed by atoms with E-state index in [1.54, 1.807) is 0 Å². The molecule has 2 saturated carbocycles. The third-order valence-electron chi connectivity index (χ3n) is 5.01. The molecule has 0 radical (unpaired) electrons. The predicted octanol–water partition coefficient (Wildman–Crippen LogP) is 1.03. The molecule has 0 heterocycles. The van der Waals surface area contributed by atoms with Crippen LogP contribution in [0.1, 0.15) is 44.9 Å². The maximum absolute atomic E-state index is 12.3. The van der Waals surface area contributed by atoms with Gasteiger partial charge in [0.1, 0.15) is 0 Å². The zero-order chi connectivity index (χ0) is 13.0. The number of carbonyl (C=O) groups is 1. The summed E-state index contributed by atoms with van der Waals surface area (Å²) < 4.78 is 0. The lowest BCUT2D eigenvalue weighted by Crippen LogP contribution is -2.46. The lowest BCUT2D eigenvalue weighted by Gasteiger charge is -2.27. The summed E-state index contributed by atoms with van der Waals surface area (Å²) in [4.78, 5) is 12.3. The first-order valence-corrected chi connectivity index (χ1v) is 7.31. The van der Waals surface area contributed by atoms with Crippen molar-refractivity contribution in [3.05, 3.63) is 0 Å². The minimum absolute atomic E-state index is 0.145. The van der Waals surface area contributed by atoms with Gasteiger partial charge in [0.05, 0.1) is 5.41 Å². The molecule has 2 aliphatic carbocycles. The maximum atomic E-state index is 12.3. The van der Waals surface area contributed by atoms with Gasteiger partial charge in [0, 0.05) is 19.7 Å². The summed E-state index contributed by atoms with van der Waals surface area (Å²) in [5.41, 5.74) is 5.51. The molecule has 4 nitrogen and oxygen atoms in total. The van der Waals surface area contributed by atoms with Crippen molar-refractivity contribution in [2.45, 2.75) is 44.9 Å². The van der Waals surface area contributed by atoms with E-state index in [4.69, 9.17) is 5.73 Å². The van der Waals surface area contributed by atoms with E-state index in [0.717, 1.165) is 38.5 Å². The average molecular weight is 254 g/mol. The Labute approximate surface area is 109 Å². The van der Waals surface area contributed by atoms with Crippen LogP contribution in [0.5, 0.6) is 0 Å². The largest absolute Gasteiger partial charge is 0.396 e. The van der Waals surface area contributed by atoms with Gasteiger partial charge in [-0.2, -0.15) is 0 Å². The number of aliphatic hydroxyl groups excluding tert-OH is 1. The second kappa shape index (κ2) is 6.02. The molecule has 4 heteroatoms. The van der Waals surface area contributed by atoms with E-state index in [1.165, 1.54) is 6.42 Å². The number of hydrogen-bond acceptors (Lipinski definition) is 3. The number of carbonyl (C=O) groups excluding carboxylic acids is 1. The summed E-state index contributed by atoms with van der Waals surface area (Å²) in [5.74, 6) is 0.976. The molecule has 0 aromatic heterocycles. The summed E-state index contributed by atoms with van der Waals surface area (Å²) in [6.45, 7) is 1.43. The molecular weight excluding hydrogens is 228 g/mol. The quantitative estimate of drug-likeness (QED) is 0.686. The third-order valence-corrected chi connectivity index (χ3v) is 5.01. The highest BCUT2D eigenvalue weighted by Crippen LogP contribution is 2.37. The van der Waals surface area contributed by atoms with Gasteiger partial charge >= 0.3 is 0 Å². The van der Waals surface area contributed by atoms with E-state index < -0.39 is 0 Å². The van der Waals surface area contributed by atoms with Crippen molar-refractivity contribution in [3.63, 3.8) is 0 Å². The molecule has 2 aliphatic rings. The van der Waals surface area contributed by atoms with Crippen LogP contribution in [0.3, 0.4) is 0 Å². The van der Waals surface area contributed by atoms with Gasteiger partial charge in [-0.25, -0.2) is 0 Å². The zero-order valence-corrected chi connectivity index (χ0v) is 11.2. The molecule has 0 bridgehead atoms. The van der Waals surface area contributed by atoms with E-state index in [-0.39, 0.29) is 17.9 Å². The van der Waals surface area contributed by atoms with Crippen LogP contribution in [-0.4, -0.2) is 30.7 Å². The van der Waals surface area contributed by atoms with Gasteiger partial charge in [0.15, 0.2) is 0 Å². The third kappa shape index (κ3) is 2.69. The van der Waals surface area contributed by atoms with Crippen LogP contribution < -0.4 is 11.1 Å². The summed E-state index contributed by atoms with van der Waals surface area (Å²) in [6, 6.07) is 0. The minimum Gasteiger partial charge on any atom is -0.396 e. The van der Waals surface area contributed by atoms with Gasteiger partial charge in [-0.15, -0.1) is 0 Å². The van der Waals surface area contributed by atoms with Crippen LogP contribution in [0.15, 0.2) is 0 Å². The topological polar surface area (TPSA) is 75.4 Å². The smallest absolute Gasteiger partial charge is 0.227 e. The van der Waals surface area contributed by atoms with Crippen LogP contribution in [-0.2, 0) is 4.79 Å². The summed E-state index contributed by atoms with van der Waals surface area (Å²) in [6.07, 6.45) is 7.50. The average Bonchev–Trinajstić information content (AvgIpc) is 3.05. The molecule has 0 aromatic rings. The molecule has 0 spiro atoms. The lowest BCUT2D eigenvalue weighted by molar-refractivity contribution is -0.130. The predicted molar refractivity (Wildman–Crippen MR) is 70.9 cm³/mol. The molecule has 2 fully saturated rings. The van der Waals surface area contributed by atoms with Crippen LogP contribution in [0.2, 0.25) is 0 Å². The van der Waals surface area contributed by atoms with Gasteiger partial charge in [0.2, 0.25) is 5.91 Å². The fraction of sp³-hybridized carbons (Fsp3) is 0.929. The highest BCUT2D eigenvalue weighted by Gasteiger charge is 2.40. The zero-order valence-electron chi connectivity index (χ0n) is 11.2. The number of nitrogens with one attached hydrogen (secondary N) is 1. The first kappa shape index (κ1) is 13.8. The number of amides is 1. The first-order valence-electron chi connectivity index (χ1n) is 7.31. The molecule has 104 valence electrons. The highest BCUT2D eigenvalue weighted by molar-refractivity contribution is 5.83. The number of rotatable bonds is 5. The maximum Gasteiger partial charge on any atom is 0.227 e. The van der Waals surface area contributed by atoms with Gasteiger partial charge < -0.3 is 16.2 Å². The molecule has 0 aliphatic heterocycles. The van der Waals surface area contributed by atoms with Gasteiger partial charge in [-0.1, -0.05) is 19.3 Å². The fourth-order valence-corrected chi connectivity index (χ4v) is 3.61. The summed E-state index contributed by atoms with van der Waals surface area (Å²) in [5, 5.41) is 12.4. The SMILES string of the molecule is NCC1(C(=O)NCC2CCCC2CO)CCCC1. The lowest BCUT2D eigenvalue weighted by atomic mass is 9.85. The Hall–Kier alpha value is -0.610. The molecule has 1 amide bonds. The molecule has 2 atom stereocenters. The van der Waals surface area contributed by atoms with Crippen molar-refractivity contribution in [2.24, 2.45) is 23.0 Å². The van der Waals surface area contributed by atoms with Gasteiger partial charge in [0.25, 0.3) is 0 Å². The molecular formula is C14H26N2O2. The summed E-state index contributed by atoms with van der Waals surface area (Å²) in [7, 11) is 0. The second-order valence-corrected chi connectivity index (χ2v) is 6.04. The molecule has 0 saturated heterocycles. The Morgan fingerprint density at radius 3 is 2.50 bits per heavy atom. The number of aliphatic hydroxyl groups is 1. The van der Waals surface area contributed by atoms with Crippen molar-refractivity contribution < 1.29 is 9.90 Å². The van der Waals surface area contributed by atoms with Crippen LogP contribution >= 0.6 is 0 Å². The molecule has 18 heavy (non-hydrogen) atoms. The highest BCUT2D eigenvalue weighted by atomic mass is 16.3. The monoisotopic (exact) mass is 254 g/mol. The van der Waals surface area contributed by atoms with E-state index in [9.17, 15) is 9.90 Å². The van der Waals surface area contributed by atoms with Crippen molar-refractivity contribution in [3.8, 4) is 0 Å². The minimum atomic E-state index is -0.298. The Morgan fingerprint density at radius 1 is 1.22 bits per heavy atom. The van der Waals surface area contributed by atoms with Crippen molar-refractivity contribution in [1.82, 2.24) is 5.32 Å². The van der Waals surface area contributed by atoms with Gasteiger partial charge in [-0.05, 0) is 37.5 Å². The van der Waals surface area contributed by atoms with E-state index >= 15 is 0 Å². The van der Waals surface area contributed by atoms with Crippen molar-refractivity contribution >= 4 is 5.91 Å². The van der Waals surface area contributed by atoms with Crippen LogP contribution in [0.25, 0.3) is 0 Å². The normalized spacial score (nSPS) is 30.6. The molecule has 2 rings (SSSR count). The number of nitrogens with two attached hydrogens (primary N) is 1. The standard InChI is InChI=1S/C14H26N2O2/c15-10-14(6-1-2-7-14)13(18)16-8-11-4-3-5-12(11)9-17/h11-12,17H,1-10,15H2,(H,16,18). The Morgan fingerprint density at radius 2 is 1.89 bits per heavy atom. The first-order chi connectivity index (χ1) is 8.72. The number of hydrogen-bond donors (Lipinski definition) is 3. The fourth-order valence-electron chi connectivity index (χ4n) is 3.61. The van der Waals surface area contributed by atoms with Crippen molar-refractivity contribution in [2.75, 3.05) is 19.7 Å².